The number of allylic oxidation sites excluding steroid dienone is 4. The molecule has 7 rings (SSSR count). The van der Waals surface area contributed by atoms with Gasteiger partial charge in [-0.15, -0.1) is 0 Å². The minimum atomic E-state index is -2.31. The lowest BCUT2D eigenvalue weighted by atomic mass is 9.44. The molecule has 0 bridgehead atoms. The Hall–Kier alpha value is -2.92. The summed E-state index contributed by atoms with van der Waals surface area (Å²) >= 11 is 0.472. The zero-order chi connectivity index (χ0) is 31.9. The maximum atomic E-state index is 17.6. The van der Waals surface area contributed by atoms with Gasteiger partial charge in [-0.05, 0) is 79.5 Å². The molecule has 238 valence electrons. The van der Waals surface area contributed by atoms with Crippen molar-refractivity contribution >= 4 is 28.3 Å². The van der Waals surface area contributed by atoms with Crippen molar-refractivity contribution in [2.75, 3.05) is 11.7 Å². The largest absolute Gasteiger partial charge is 0.399 e. The molecule has 1 unspecified atom stereocenters. The molecule has 10 heteroatoms. The molecule has 1 aliphatic heterocycles. The van der Waals surface area contributed by atoms with Crippen LogP contribution in [-0.2, 0) is 25.5 Å². The average molecular weight is 640 g/mol. The highest BCUT2D eigenvalue weighted by molar-refractivity contribution is 8.13. The Kier molecular flexibility index (Phi) is 7.20. The summed E-state index contributed by atoms with van der Waals surface area (Å²) in [6.07, 6.45) is -0.903. The van der Waals surface area contributed by atoms with Crippen LogP contribution in [-0.4, -0.2) is 51.7 Å². The van der Waals surface area contributed by atoms with Crippen molar-refractivity contribution in [3.8, 4) is 0 Å². The van der Waals surface area contributed by atoms with Crippen molar-refractivity contribution in [3.05, 3.63) is 89.0 Å². The van der Waals surface area contributed by atoms with E-state index in [0.717, 1.165) is 17.2 Å². The number of nitrogens with two attached hydrogens (primary N) is 1. The summed E-state index contributed by atoms with van der Waals surface area (Å²) in [4.78, 5) is 26.0. The highest BCUT2D eigenvalue weighted by atomic mass is 32.2. The van der Waals surface area contributed by atoms with Crippen molar-refractivity contribution < 1.29 is 37.3 Å². The second-order valence-electron chi connectivity index (χ2n) is 13.6. The Bertz CT molecular complexity index is 1620. The monoisotopic (exact) mass is 639 g/mol. The number of ether oxygens (including phenoxy) is 2. The number of rotatable bonds is 5. The standard InChI is InChI=1S/C35H36F3NO5S/c1-32-11-10-23(40)14-26(32)27(37)15-25-24-16-29-35(31(42)45-18-36,33(24,2)17-28(41)34(25,32)38)44-30(43-29)21-8-6-19(7-9-21)12-20-4-3-5-22(39)13-20/h3-11,13-14,24-25,27-30,41H,12,15-18,39H2,1-2H3/t24?,25-,27-,28-,29+,30+,32-,33-,34-,35-/m0/s1. The van der Waals surface area contributed by atoms with E-state index in [-0.39, 0.29) is 24.8 Å². The first kappa shape index (κ1) is 30.7. The summed E-state index contributed by atoms with van der Waals surface area (Å²) in [5.74, 6) is -2.05. The molecule has 4 fully saturated rings. The van der Waals surface area contributed by atoms with Crippen molar-refractivity contribution in [3.63, 3.8) is 0 Å². The van der Waals surface area contributed by atoms with Crippen LogP contribution in [0.3, 0.4) is 0 Å². The number of nitrogen functional groups attached to an aromatic ring is 1. The molecule has 0 spiro atoms. The van der Waals surface area contributed by atoms with E-state index in [0.29, 0.717) is 29.4 Å². The van der Waals surface area contributed by atoms with Gasteiger partial charge in [0.1, 0.15) is 12.2 Å². The van der Waals surface area contributed by atoms with E-state index in [2.05, 4.69) is 0 Å². The fourth-order valence-electron chi connectivity index (χ4n) is 9.33. The molecular weight excluding hydrogens is 603 g/mol. The molecular formula is C35H36F3NO5S. The highest BCUT2D eigenvalue weighted by Gasteiger charge is 2.80. The highest BCUT2D eigenvalue weighted by Crippen LogP contribution is 2.73. The zero-order valence-corrected chi connectivity index (χ0v) is 25.9. The van der Waals surface area contributed by atoms with Crippen LogP contribution in [0.25, 0.3) is 0 Å². The minimum Gasteiger partial charge on any atom is -0.399 e. The number of aliphatic hydroxyl groups excluding tert-OH is 1. The van der Waals surface area contributed by atoms with Gasteiger partial charge in [-0.1, -0.05) is 61.2 Å². The van der Waals surface area contributed by atoms with Crippen molar-refractivity contribution in [1.82, 2.24) is 0 Å². The number of halogens is 3. The maximum absolute atomic E-state index is 17.6. The van der Waals surface area contributed by atoms with Crippen LogP contribution in [0, 0.1) is 22.7 Å². The van der Waals surface area contributed by atoms with Gasteiger partial charge in [0, 0.05) is 28.0 Å². The van der Waals surface area contributed by atoms with E-state index in [1.54, 1.807) is 6.92 Å². The summed E-state index contributed by atoms with van der Waals surface area (Å²) in [6, 6.07) is 14.2. The van der Waals surface area contributed by atoms with E-state index < -0.39 is 75.5 Å². The molecule has 2 aromatic carbocycles. The van der Waals surface area contributed by atoms with Crippen molar-refractivity contribution in [1.29, 1.82) is 0 Å². The third kappa shape index (κ3) is 4.21. The summed E-state index contributed by atoms with van der Waals surface area (Å²) in [5, 5.41) is 11.1. The molecule has 3 saturated carbocycles. The van der Waals surface area contributed by atoms with E-state index in [1.165, 1.54) is 19.1 Å². The van der Waals surface area contributed by atoms with Gasteiger partial charge in [0.15, 0.2) is 23.3 Å². The second-order valence-corrected chi connectivity index (χ2v) is 14.5. The van der Waals surface area contributed by atoms with E-state index >= 15 is 8.78 Å². The molecule has 1 heterocycles. The first-order chi connectivity index (χ1) is 21.4. The number of anilines is 1. The van der Waals surface area contributed by atoms with Crippen LogP contribution >= 0.6 is 11.8 Å². The average Bonchev–Trinajstić information content (AvgIpc) is 3.50. The van der Waals surface area contributed by atoms with Gasteiger partial charge in [0.25, 0.3) is 0 Å². The summed E-state index contributed by atoms with van der Waals surface area (Å²) < 4.78 is 60.2. The topological polar surface area (TPSA) is 98.9 Å². The number of thioether (sulfide) groups is 1. The molecule has 0 radical (unpaired) electrons. The Morgan fingerprint density at radius 3 is 2.58 bits per heavy atom. The third-order valence-corrected chi connectivity index (χ3v) is 12.1. The Morgan fingerprint density at radius 2 is 1.87 bits per heavy atom. The fourth-order valence-corrected chi connectivity index (χ4v) is 10.1. The number of aliphatic hydroxyl groups is 1. The van der Waals surface area contributed by atoms with Gasteiger partial charge < -0.3 is 20.3 Å². The van der Waals surface area contributed by atoms with Crippen LogP contribution in [0.1, 0.15) is 56.1 Å². The summed E-state index contributed by atoms with van der Waals surface area (Å²) in [7, 11) is 0. The van der Waals surface area contributed by atoms with Gasteiger partial charge in [0.05, 0.1) is 12.2 Å². The molecule has 4 aliphatic carbocycles. The molecule has 5 aliphatic rings. The number of carbonyl (C=O) groups excluding carboxylic acids is 2. The van der Waals surface area contributed by atoms with Crippen LogP contribution in [0.4, 0.5) is 18.9 Å². The van der Waals surface area contributed by atoms with Gasteiger partial charge in [-0.2, -0.15) is 0 Å². The van der Waals surface area contributed by atoms with Crippen molar-refractivity contribution in [2.24, 2.45) is 22.7 Å². The van der Waals surface area contributed by atoms with E-state index in [4.69, 9.17) is 15.2 Å². The predicted molar refractivity (Wildman–Crippen MR) is 164 cm³/mol. The normalized spacial score (nSPS) is 41.6. The smallest absolute Gasteiger partial charge is 0.226 e. The van der Waals surface area contributed by atoms with Gasteiger partial charge in [-0.25, -0.2) is 13.2 Å². The molecule has 2 aromatic rings. The molecule has 3 N–H and O–H groups in total. The lowest BCUT2D eigenvalue weighted by Gasteiger charge is -2.63. The van der Waals surface area contributed by atoms with Crippen LogP contribution in [0.15, 0.2) is 72.3 Å². The third-order valence-electron chi connectivity index (χ3n) is 11.5. The predicted octanol–water partition coefficient (Wildman–Crippen LogP) is 6.13. The van der Waals surface area contributed by atoms with Gasteiger partial charge >= 0.3 is 0 Å². The van der Waals surface area contributed by atoms with Crippen LogP contribution in [0.2, 0.25) is 0 Å². The van der Waals surface area contributed by atoms with E-state index in [1.807, 2.05) is 48.5 Å². The Labute approximate surface area is 264 Å². The molecule has 6 nitrogen and oxygen atoms in total. The van der Waals surface area contributed by atoms with E-state index in [9.17, 15) is 19.1 Å². The molecule has 10 atom stereocenters. The second kappa shape index (κ2) is 10.6. The SMILES string of the molecule is C[C@]12C=CC(=O)C=C1[C@@H](F)C[C@H]1C3C[C@H]4O[C@@H](c5ccc(Cc6cccc(N)c6)cc5)O[C@@]4(C(=O)SCF)[C@@]3(C)C[C@H](O)[C@@]12F. The first-order valence-electron chi connectivity index (χ1n) is 15.3. The van der Waals surface area contributed by atoms with Crippen molar-refractivity contribution in [2.45, 2.75) is 75.5 Å². The quantitative estimate of drug-likeness (QED) is 0.380. The fraction of sp³-hybridized carbons (Fsp3) is 0.486. The lowest BCUT2D eigenvalue weighted by molar-refractivity contribution is -0.232. The minimum absolute atomic E-state index is 0.0279. The number of hydrogen-bond donors (Lipinski definition) is 2. The number of carbonyl (C=O) groups is 2. The Balaban J connectivity index is 1.22. The number of alkyl halides is 3. The summed E-state index contributed by atoms with van der Waals surface area (Å²) in [5.41, 5.74) is 2.64. The number of benzene rings is 2. The summed E-state index contributed by atoms with van der Waals surface area (Å²) in [6.45, 7) is 3.29. The van der Waals surface area contributed by atoms with Crippen LogP contribution < -0.4 is 5.73 Å². The zero-order valence-electron chi connectivity index (χ0n) is 25.1. The van der Waals surface area contributed by atoms with Gasteiger partial charge in [0.2, 0.25) is 5.12 Å². The molecule has 0 aromatic heterocycles. The molecule has 45 heavy (non-hydrogen) atoms. The maximum Gasteiger partial charge on any atom is 0.226 e. The van der Waals surface area contributed by atoms with Crippen LogP contribution in [0.5, 0.6) is 0 Å². The van der Waals surface area contributed by atoms with Gasteiger partial charge in [-0.3, -0.25) is 9.59 Å². The number of ketones is 1. The molecule has 0 amide bonds. The lowest BCUT2D eigenvalue weighted by Crippen LogP contribution is -2.70. The number of hydrogen-bond acceptors (Lipinski definition) is 7. The number of fused-ring (bicyclic) bond motifs is 7. The Morgan fingerprint density at radius 1 is 1.11 bits per heavy atom. The molecule has 1 saturated heterocycles. The first-order valence-corrected chi connectivity index (χ1v) is 16.3.